The van der Waals surface area contributed by atoms with E-state index in [-0.39, 0.29) is 5.75 Å². The Hall–Kier alpha value is -0.130. The van der Waals surface area contributed by atoms with E-state index >= 15 is 0 Å². The Labute approximate surface area is 61.9 Å². The van der Waals surface area contributed by atoms with E-state index in [1.807, 2.05) is 14.1 Å². The fourth-order valence-corrected chi connectivity index (χ4v) is 1.13. The molecule has 0 radical (unpaired) electrons. The molecular weight excluding hydrogens is 154 g/mol. The molecule has 0 aromatic rings. The van der Waals surface area contributed by atoms with Gasteiger partial charge in [0.15, 0.2) is 0 Å². The first-order valence-corrected chi connectivity index (χ1v) is 4.48. The standard InChI is InChI=1S/C5H13NO3S/c1-6(2)4-5-10(7,8)9-3/h4-5H2,1-3H3. The molecule has 0 aliphatic rings. The second-order valence-electron chi connectivity index (χ2n) is 2.23. The van der Waals surface area contributed by atoms with Crippen LogP contribution in [-0.4, -0.2) is 46.8 Å². The molecule has 0 aliphatic heterocycles. The van der Waals surface area contributed by atoms with Crippen molar-refractivity contribution < 1.29 is 12.6 Å². The average Bonchev–Trinajstić information content (AvgIpc) is 1.85. The van der Waals surface area contributed by atoms with Crippen LogP contribution in [0.4, 0.5) is 0 Å². The van der Waals surface area contributed by atoms with E-state index in [0.717, 1.165) is 0 Å². The SMILES string of the molecule is COS(=O)(=O)CCN(C)C. The Balaban J connectivity index is 3.70. The minimum atomic E-state index is -3.26. The van der Waals surface area contributed by atoms with E-state index < -0.39 is 10.1 Å². The molecule has 0 heterocycles. The molecule has 0 aromatic carbocycles. The summed E-state index contributed by atoms with van der Waals surface area (Å²) in [7, 11) is 1.54. The minimum Gasteiger partial charge on any atom is -0.308 e. The first kappa shape index (κ1) is 9.87. The van der Waals surface area contributed by atoms with Gasteiger partial charge in [0.25, 0.3) is 10.1 Å². The maximum atomic E-state index is 10.7. The normalized spacial score (nSPS) is 12.4. The number of nitrogens with zero attached hydrogens (tertiary/aromatic N) is 1. The molecule has 62 valence electrons. The van der Waals surface area contributed by atoms with Gasteiger partial charge in [-0.3, -0.25) is 4.18 Å². The van der Waals surface area contributed by atoms with Gasteiger partial charge < -0.3 is 4.90 Å². The fourth-order valence-electron chi connectivity index (χ4n) is 0.378. The molecule has 0 N–H and O–H groups in total. The van der Waals surface area contributed by atoms with Gasteiger partial charge in [-0.25, -0.2) is 0 Å². The van der Waals surface area contributed by atoms with E-state index in [4.69, 9.17) is 0 Å². The zero-order valence-corrected chi connectivity index (χ0v) is 7.31. The average molecular weight is 167 g/mol. The lowest BCUT2D eigenvalue weighted by Gasteiger charge is -2.07. The van der Waals surface area contributed by atoms with Gasteiger partial charge in [0.1, 0.15) is 0 Å². The summed E-state index contributed by atoms with van der Waals surface area (Å²) < 4.78 is 25.5. The van der Waals surface area contributed by atoms with Gasteiger partial charge in [-0.1, -0.05) is 0 Å². The van der Waals surface area contributed by atoms with Crippen molar-refractivity contribution in [1.82, 2.24) is 4.90 Å². The lowest BCUT2D eigenvalue weighted by Crippen LogP contribution is -2.22. The predicted molar refractivity (Wildman–Crippen MR) is 39.3 cm³/mol. The highest BCUT2D eigenvalue weighted by atomic mass is 32.2. The topological polar surface area (TPSA) is 46.6 Å². The maximum absolute atomic E-state index is 10.7. The minimum absolute atomic E-state index is 0.0521. The van der Waals surface area contributed by atoms with Crippen LogP contribution < -0.4 is 0 Å². The van der Waals surface area contributed by atoms with Crippen molar-refractivity contribution >= 4 is 10.1 Å². The van der Waals surface area contributed by atoms with Crippen LogP contribution in [0.5, 0.6) is 0 Å². The Morgan fingerprint density at radius 2 is 1.90 bits per heavy atom. The molecular formula is C5H13NO3S. The van der Waals surface area contributed by atoms with Crippen LogP contribution in [0, 0.1) is 0 Å². The molecule has 10 heavy (non-hydrogen) atoms. The van der Waals surface area contributed by atoms with Gasteiger partial charge in [0.2, 0.25) is 0 Å². The van der Waals surface area contributed by atoms with Crippen molar-refractivity contribution in [2.24, 2.45) is 0 Å². The molecule has 0 fully saturated rings. The highest BCUT2D eigenvalue weighted by molar-refractivity contribution is 7.86. The third kappa shape index (κ3) is 4.72. The summed E-state index contributed by atoms with van der Waals surface area (Å²) in [6.45, 7) is 0.496. The zero-order valence-electron chi connectivity index (χ0n) is 6.49. The molecule has 0 saturated heterocycles. The van der Waals surface area contributed by atoms with Crippen molar-refractivity contribution in [3.05, 3.63) is 0 Å². The van der Waals surface area contributed by atoms with Crippen molar-refractivity contribution in [3.63, 3.8) is 0 Å². The van der Waals surface area contributed by atoms with E-state index in [1.165, 1.54) is 7.11 Å². The second kappa shape index (κ2) is 3.90. The zero-order chi connectivity index (χ0) is 8.20. The molecule has 0 spiro atoms. The fraction of sp³-hybridized carbons (Fsp3) is 1.00. The molecule has 0 saturated carbocycles. The molecule has 0 amide bonds. The van der Waals surface area contributed by atoms with Gasteiger partial charge >= 0.3 is 0 Å². The van der Waals surface area contributed by atoms with Gasteiger partial charge in [0.05, 0.1) is 12.9 Å². The molecule has 0 rings (SSSR count). The third-order valence-electron chi connectivity index (χ3n) is 1.04. The van der Waals surface area contributed by atoms with Crippen LogP contribution >= 0.6 is 0 Å². The van der Waals surface area contributed by atoms with Crippen LogP contribution in [-0.2, 0) is 14.3 Å². The van der Waals surface area contributed by atoms with Crippen LogP contribution in [0.25, 0.3) is 0 Å². The molecule has 4 nitrogen and oxygen atoms in total. The lowest BCUT2D eigenvalue weighted by atomic mass is 10.7. The first-order chi connectivity index (χ1) is 4.48. The largest absolute Gasteiger partial charge is 0.308 e. The Morgan fingerprint density at radius 3 is 2.20 bits per heavy atom. The summed E-state index contributed by atoms with van der Waals surface area (Å²) in [5, 5.41) is 0. The van der Waals surface area contributed by atoms with Gasteiger partial charge in [-0.15, -0.1) is 0 Å². The van der Waals surface area contributed by atoms with E-state index in [9.17, 15) is 8.42 Å². The number of hydrogen-bond acceptors (Lipinski definition) is 4. The van der Waals surface area contributed by atoms with Crippen LogP contribution in [0.15, 0.2) is 0 Å². The maximum Gasteiger partial charge on any atom is 0.268 e. The monoisotopic (exact) mass is 167 g/mol. The van der Waals surface area contributed by atoms with Crippen molar-refractivity contribution in [3.8, 4) is 0 Å². The van der Waals surface area contributed by atoms with Crippen LogP contribution in [0.3, 0.4) is 0 Å². The van der Waals surface area contributed by atoms with Crippen molar-refractivity contribution in [2.45, 2.75) is 0 Å². The van der Waals surface area contributed by atoms with Gasteiger partial charge in [0, 0.05) is 6.54 Å². The molecule has 0 aromatic heterocycles. The van der Waals surface area contributed by atoms with Crippen LogP contribution in [0.2, 0.25) is 0 Å². The quantitative estimate of drug-likeness (QED) is 0.531. The number of rotatable bonds is 4. The summed E-state index contributed by atoms with van der Waals surface area (Å²) in [6.07, 6.45) is 0. The molecule has 0 aliphatic carbocycles. The molecule has 5 heteroatoms. The predicted octanol–water partition coefficient (Wildman–Crippen LogP) is -0.476. The summed E-state index contributed by atoms with van der Waals surface area (Å²) in [5.74, 6) is 0.0521. The Morgan fingerprint density at radius 1 is 1.40 bits per heavy atom. The summed E-state index contributed by atoms with van der Waals surface area (Å²) in [5.41, 5.74) is 0. The van der Waals surface area contributed by atoms with Crippen molar-refractivity contribution in [1.29, 1.82) is 0 Å². The molecule has 0 bridgehead atoms. The highest BCUT2D eigenvalue weighted by Crippen LogP contribution is 1.89. The van der Waals surface area contributed by atoms with E-state index in [0.29, 0.717) is 6.54 Å². The van der Waals surface area contributed by atoms with Gasteiger partial charge in [-0.05, 0) is 14.1 Å². The number of hydrogen-bond donors (Lipinski definition) is 0. The molecule has 0 atom stereocenters. The summed E-state index contributed by atoms with van der Waals surface area (Å²) in [6, 6.07) is 0. The van der Waals surface area contributed by atoms with E-state index in [2.05, 4.69) is 4.18 Å². The first-order valence-electron chi connectivity index (χ1n) is 2.91. The second-order valence-corrected chi connectivity index (χ2v) is 4.09. The third-order valence-corrected chi connectivity index (χ3v) is 2.23. The Kier molecular flexibility index (Phi) is 3.85. The Bertz CT molecular complexity index is 173. The smallest absolute Gasteiger partial charge is 0.268 e. The summed E-state index contributed by atoms with van der Waals surface area (Å²) >= 11 is 0. The van der Waals surface area contributed by atoms with Crippen LogP contribution in [0.1, 0.15) is 0 Å². The van der Waals surface area contributed by atoms with Gasteiger partial charge in [-0.2, -0.15) is 8.42 Å². The van der Waals surface area contributed by atoms with E-state index in [1.54, 1.807) is 4.90 Å². The van der Waals surface area contributed by atoms with Crippen molar-refractivity contribution in [2.75, 3.05) is 33.5 Å². The highest BCUT2D eigenvalue weighted by Gasteiger charge is 2.07. The molecule has 0 unspecified atom stereocenters. The lowest BCUT2D eigenvalue weighted by molar-refractivity contribution is 0.380. The summed E-state index contributed by atoms with van der Waals surface area (Å²) in [4.78, 5) is 1.79.